The Morgan fingerprint density at radius 3 is 2.42 bits per heavy atom. The first kappa shape index (κ1) is 19.1. The average Bonchev–Trinajstić information content (AvgIpc) is 2.55. The van der Waals surface area contributed by atoms with Gasteiger partial charge in [0.2, 0.25) is 0 Å². The molecular weight excluding hydrogens is 312 g/mol. The van der Waals surface area contributed by atoms with Gasteiger partial charge in [-0.05, 0) is 17.7 Å². The molecule has 0 saturated carbocycles. The number of nitrogens with zero attached hydrogens (tertiary/aromatic N) is 4. The van der Waals surface area contributed by atoms with Gasteiger partial charge < -0.3 is 9.84 Å². The lowest BCUT2D eigenvalue weighted by Gasteiger charge is -2.24. The van der Waals surface area contributed by atoms with Gasteiger partial charge in [0.25, 0.3) is 0 Å². The third kappa shape index (κ3) is 6.07. The van der Waals surface area contributed by atoms with E-state index < -0.39 is 18.1 Å². The van der Waals surface area contributed by atoms with Crippen molar-refractivity contribution in [1.82, 2.24) is 9.91 Å². The Morgan fingerprint density at radius 1 is 1.29 bits per heavy atom. The van der Waals surface area contributed by atoms with Crippen molar-refractivity contribution in [3.05, 3.63) is 42.5 Å². The van der Waals surface area contributed by atoms with Crippen LogP contribution in [0.25, 0.3) is 0 Å². The minimum absolute atomic E-state index is 0.0289. The van der Waals surface area contributed by atoms with Crippen molar-refractivity contribution in [3.63, 3.8) is 0 Å². The topological polar surface area (TPSA) is 94.8 Å². The van der Waals surface area contributed by atoms with Gasteiger partial charge in [0.1, 0.15) is 12.6 Å². The maximum atomic E-state index is 11.8. The lowest BCUT2D eigenvalue weighted by atomic mass is 10.0. The van der Waals surface area contributed by atoms with E-state index in [2.05, 4.69) is 16.9 Å². The van der Waals surface area contributed by atoms with Crippen LogP contribution >= 0.6 is 0 Å². The van der Waals surface area contributed by atoms with Crippen molar-refractivity contribution < 1.29 is 19.4 Å². The number of carbonyl (C=O) groups is 2. The number of hydrogen-bond acceptors (Lipinski definition) is 5. The second-order valence-electron chi connectivity index (χ2n) is 5.24. The number of rotatable bonds is 8. The number of likely N-dealkylation sites (N-methyl/N-ethyl adjacent to an activating group) is 1. The van der Waals surface area contributed by atoms with Gasteiger partial charge in [-0.1, -0.05) is 30.0 Å². The molecule has 0 heterocycles. The van der Waals surface area contributed by atoms with Crippen LogP contribution in [0.1, 0.15) is 5.56 Å². The number of benzene rings is 1. The maximum absolute atomic E-state index is 11.8. The molecule has 0 aliphatic heterocycles. The number of carboxylic acid groups (broad SMARTS) is 1. The highest BCUT2D eigenvalue weighted by atomic mass is 16.6. The van der Waals surface area contributed by atoms with Gasteiger partial charge in [-0.15, -0.1) is 5.11 Å². The van der Waals surface area contributed by atoms with Gasteiger partial charge in [-0.25, -0.2) is 9.59 Å². The van der Waals surface area contributed by atoms with Crippen LogP contribution < -0.4 is 0 Å². The van der Waals surface area contributed by atoms with Crippen LogP contribution in [-0.4, -0.2) is 60.9 Å². The Morgan fingerprint density at radius 2 is 1.92 bits per heavy atom. The lowest BCUT2D eigenvalue weighted by molar-refractivity contribution is -0.142. The normalized spacial score (nSPS) is 11.8. The number of hydrogen-bond donors (Lipinski definition) is 1. The molecule has 1 unspecified atom stereocenters. The fraction of sp³-hybridized carbons (Fsp3) is 0.375. The zero-order valence-corrected chi connectivity index (χ0v) is 14.0. The van der Waals surface area contributed by atoms with Gasteiger partial charge in [0, 0.05) is 27.6 Å². The number of carboxylic acids is 1. The molecule has 0 spiro atoms. The first-order chi connectivity index (χ1) is 11.3. The Hall–Kier alpha value is -2.90. The van der Waals surface area contributed by atoms with E-state index >= 15 is 0 Å². The molecule has 1 aromatic rings. The zero-order valence-electron chi connectivity index (χ0n) is 14.0. The SMILES string of the molecule is C=CCOC(=O)N(C)C(Cc1ccc(N=NN(C)C)cc1)C(=O)O. The number of ether oxygens (including phenoxy) is 1. The quantitative estimate of drug-likeness (QED) is 0.448. The van der Waals surface area contributed by atoms with E-state index in [9.17, 15) is 14.7 Å². The highest BCUT2D eigenvalue weighted by Gasteiger charge is 2.27. The molecule has 0 aromatic heterocycles. The Bertz CT molecular complexity index is 599. The molecule has 1 rings (SSSR count). The standard InChI is InChI=1S/C16H22N4O4/c1-5-10-24-16(23)20(4)14(15(21)22)11-12-6-8-13(9-7-12)17-18-19(2)3/h5-9,14H,1,10-11H2,2-4H3,(H,21,22). The van der Waals surface area contributed by atoms with Crippen molar-refractivity contribution >= 4 is 17.7 Å². The first-order valence-corrected chi connectivity index (χ1v) is 7.26. The molecule has 0 bridgehead atoms. The Balaban J connectivity index is 2.79. The third-order valence-corrected chi connectivity index (χ3v) is 3.07. The fourth-order valence-corrected chi connectivity index (χ4v) is 1.81. The largest absolute Gasteiger partial charge is 0.480 e. The van der Waals surface area contributed by atoms with Gasteiger partial charge in [0.05, 0.1) is 5.69 Å². The predicted molar refractivity (Wildman–Crippen MR) is 89.1 cm³/mol. The average molecular weight is 334 g/mol. The molecule has 0 aliphatic carbocycles. The summed E-state index contributed by atoms with van der Waals surface area (Å²) >= 11 is 0. The smallest absolute Gasteiger partial charge is 0.410 e. The molecule has 1 amide bonds. The van der Waals surface area contributed by atoms with Crippen molar-refractivity contribution in [2.24, 2.45) is 10.3 Å². The summed E-state index contributed by atoms with van der Waals surface area (Å²) in [7, 11) is 4.91. The van der Waals surface area contributed by atoms with Crippen LogP contribution in [0.3, 0.4) is 0 Å². The molecule has 24 heavy (non-hydrogen) atoms. The van der Waals surface area contributed by atoms with E-state index in [0.717, 1.165) is 10.5 Å². The van der Waals surface area contributed by atoms with Crippen LogP contribution in [0.15, 0.2) is 47.3 Å². The molecule has 0 fully saturated rings. The number of amides is 1. The molecule has 130 valence electrons. The predicted octanol–water partition coefficient (Wildman–Crippen LogP) is 2.50. The molecule has 0 aliphatic rings. The second-order valence-corrected chi connectivity index (χ2v) is 5.24. The molecule has 0 radical (unpaired) electrons. The van der Waals surface area contributed by atoms with Crippen LogP contribution in [0.5, 0.6) is 0 Å². The van der Waals surface area contributed by atoms with Crippen molar-refractivity contribution in [1.29, 1.82) is 0 Å². The minimum atomic E-state index is -1.11. The summed E-state index contributed by atoms with van der Waals surface area (Å²) in [6.07, 6.45) is 0.863. The van der Waals surface area contributed by atoms with Gasteiger partial charge in [-0.3, -0.25) is 9.91 Å². The second kappa shape index (κ2) is 9.29. The minimum Gasteiger partial charge on any atom is -0.480 e. The van der Waals surface area contributed by atoms with E-state index in [1.165, 1.54) is 13.1 Å². The summed E-state index contributed by atoms with van der Waals surface area (Å²) in [5, 5.41) is 18.8. The molecule has 1 aromatic carbocycles. The highest BCUT2D eigenvalue weighted by Crippen LogP contribution is 2.16. The summed E-state index contributed by atoms with van der Waals surface area (Å²) in [6, 6.07) is 5.94. The van der Waals surface area contributed by atoms with Crippen molar-refractivity contribution in [2.45, 2.75) is 12.5 Å². The summed E-state index contributed by atoms with van der Waals surface area (Å²) in [5.41, 5.74) is 1.41. The summed E-state index contributed by atoms with van der Waals surface area (Å²) in [4.78, 5) is 24.3. The summed E-state index contributed by atoms with van der Waals surface area (Å²) in [6.45, 7) is 3.47. The van der Waals surface area contributed by atoms with Crippen LogP contribution in [-0.2, 0) is 16.0 Å². The van der Waals surface area contributed by atoms with E-state index in [0.29, 0.717) is 5.69 Å². The number of carbonyl (C=O) groups excluding carboxylic acids is 1. The Labute approximate surface area is 141 Å². The van der Waals surface area contributed by atoms with Gasteiger partial charge in [0.15, 0.2) is 0 Å². The van der Waals surface area contributed by atoms with E-state index in [4.69, 9.17) is 4.74 Å². The zero-order chi connectivity index (χ0) is 18.1. The fourth-order valence-electron chi connectivity index (χ4n) is 1.81. The van der Waals surface area contributed by atoms with Gasteiger partial charge >= 0.3 is 12.1 Å². The first-order valence-electron chi connectivity index (χ1n) is 7.26. The highest BCUT2D eigenvalue weighted by molar-refractivity contribution is 5.80. The van der Waals surface area contributed by atoms with E-state index in [1.54, 1.807) is 43.4 Å². The Kier molecular flexibility index (Phi) is 7.41. The third-order valence-electron chi connectivity index (χ3n) is 3.07. The molecular formula is C16H22N4O4. The summed E-state index contributed by atoms with van der Waals surface area (Å²) in [5.74, 6) is -1.11. The number of aliphatic carboxylic acids is 1. The van der Waals surface area contributed by atoms with Crippen LogP contribution in [0.2, 0.25) is 0 Å². The molecule has 8 nitrogen and oxygen atoms in total. The molecule has 0 saturated heterocycles. The summed E-state index contributed by atoms with van der Waals surface area (Å²) < 4.78 is 4.87. The van der Waals surface area contributed by atoms with E-state index in [-0.39, 0.29) is 13.0 Å². The monoisotopic (exact) mass is 334 g/mol. The van der Waals surface area contributed by atoms with Crippen LogP contribution in [0.4, 0.5) is 10.5 Å². The van der Waals surface area contributed by atoms with Crippen molar-refractivity contribution in [2.75, 3.05) is 27.7 Å². The van der Waals surface area contributed by atoms with Crippen molar-refractivity contribution in [3.8, 4) is 0 Å². The van der Waals surface area contributed by atoms with E-state index in [1.807, 2.05) is 0 Å². The van der Waals surface area contributed by atoms with Crippen LogP contribution in [0, 0.1) is 0 Å². The molecule has 1 N–H and O–H groups in total. The molecule has 1 atom stereocenters. The molecule has 8 heteroatoms. The maximum Gasteiger partial charge on any atom is 0.410 e. The van der Waals surface area contributed by atoms with Gasteiger partial charge in [-0.2, -0.15) is 0 Å². The lowest BCUT2D eigenvalue weighted by Crippen LogP contribution is -2.44.